The highest BCUT2D eigenvalue weighted by Gasteiger charge is 2.17. The molecule has 0 aromatic heterocycles. The fraction of sp³-hybridized carbons (Fsp3) is 0.231. The summed E-state index contributed by atoms with van der Waals surface area (Å²) in [6, 6.07) is 16.5. The van der Waals surface area contributed by atoms with Crippen LogP contribution in [0.1, 0.15) is 40.0 Å². The van der Waals surface area contributed by atoms with Gasteiger partial charge in [-0.15, -0.1) is 0 Å². The molecule has 0 fully saturated rings. The van der Waals surface area contributed by atoms with E-state index < -0.39 is 17.8 Å². The summed E-state index contributed by atoms with van der Waals surface area (Å²) in [5.74, 6) is -1.18. The van der Waals surface area contributed by atoms with Gasteiger partial charge in [-0.2, -0.15) is 0 Å². The molecule has 0 saturated carbocycles. The Morgan fingerprint density at radius 1 is 1.09 bits per heavy atom. The van der Waals surface area contributed by atoms with Crippen LogP contribution in [0.2, 0.25) is 0 Å². The largest absolute Gasteiger partial charge is 0.489 e. The van der Waals surface area contributed by atoms with Gasteiger partial charge in [0.2, 0.25) is 0 Å². The lowest BCUT2D eigenvalue weighted by atomic mass is 9.96. The second-order valence-corrected chi connectivity index (χ2v) is 8.08. The van der Waals surface area contributed by atoms with Crippen LogP contribution in [-0.4, -0.2) is 36.0 Å². The zero-order valence-electron chi connectivity index (χ0n) is 18.8. The van der Waals surface area contributed by atoms with E-state index in [0.717, 1.165) is 0 Å². The van der Waals surface area contributed by atoms with E-state index in [0.29, 0.717) is 39.1 Å². The third-order valence-electron chi connectivity index (χ3n) is 5.18. The van der Waals surface area contributed by atoms with Crippen molar-refractivity contribution in [2.75, 3.05) is 14.1 Å². The van der Waals surface area contributed by atoms with E-state index in [4.69, 9.17) is 15.6 Å². The van der Waals surface area contributed by atoms with Crippen molar-refractivity contribution < 1.29 is 23.8 Å². The van der Waals surface area contributed by atoms with Gasteiger partial charge in [0.05, 0.1) is 6.42 Å². The molecule has 0 saturated heterocycles. The Morgan fingerprint density at radius 3 is 2.48 bits per heavy atom. The Kier molecular flexibility index (Phi) is 7.45. The van der Waals surface area contributed by atoms with Crippen LogP contribution >= 0.6 is 0 Å². The molecule has 0 bridgehead atoms. The summed E-state index contributed by atoms with van der Waals surface area (Å²) in [4.78, 5) is 25.3. The standard InChI is InChI=1S/C26H27FN2O4/c1-16(28)21-8-6-9-22(25(21)27)19-11-17(12-20(13-19)26(32)29(2)3)15-33-23-10-5-4-7-18(23)14-24(30)31/h4-13,16H,14-15,28H2,1-3H3,(H,30,31)/t16-/m1/s1. The number of carbonyl (C=O) groups excluding carboxylic acids is 1. The zero-order chi connectivity index (χ0) is 24.1. The highest BCUT2D eigenvalue weighted by atomic mass is 19.1. The van der Waals surface area contributed by atoms with Crippen LogP contribution in [0.3, 0.4) is 0 Å². The first-order chi connectivity index (χ1) is 15.7. The summed E-state index contributed by atoms with van der Waals surface area (Å²) in [5.41, 5.74) is 8.74. The number of carboxylic acids is 1. The zero-order valence-corrected chi connectivity index (χ0v) is 18.8. The maximum absolute atomic E-state index is 15.2. The first kappa shape index (κ1) is 23.9. The van der Waals surface area contributed by atoms with Crippen molar-refractivity contribution in [1.82, 2.24) is 4.90 Å². The fourth-order valence-electron chi connectivity index (χ4n) is 3.55. The first-order valence-corrected chi connectivity index (χ1v) is 10.5. The van der Waals surface area contributed by atoms with Gasteiger partial charge < -0.3 is 20.5 Å². The third-order valence-corrected chi connectivity index (χ3v) is 5.18. The molecule has 7 heteroatoms. The number of carbonyl (C=O) groups is 2. The molecule has 0 aliphatic carbocycles. The number of aliphatic carboxylic acids is 1. The van der Waals surface area contributed by atoms with Crippen molar-refractivity contribution in [3.05, 3.63) is 88.7 Å². The summed E-state index contributed by atoms with van der Waals surface area (Å²) in [5, 5.41) is 9.13. The Bertz CT molecular complexity index is 1170. The van der Waals surface area contributed by atoms with Crippen LogP contribution < -0.4 is 10.5 Å². The van der Waals surface area contributed by atoms with Gasteiger partial charge in [-0.1, -0.05) is 36.4 Å². The molecular formula is C26H27FN2O4. The van der Waals surface area contributed by atoms with Crippen molar-refractivity contribution in [3.63, 3.8) is 0 Å². The topological polar surface area (TPSA) is 92.9 Å². The molecule has 3 rings (SSSR count). The quantitative estimate of drug-likeness (QED) is 0.530. The summed E-state index contributed by atoms with van der Waals surface area (Å²) < 4.78 is 21.1. The summed E-state index contributed by atoms with van der Waals surface area (Å²) in [6.45, 7) is 1.79. The van der Waals surface area contributed by atoms with Crippen molar-refractivity contribution in [1.29, 1.82) is 0 Å². The minimum atomic E-state index is -0.962. The second-order valence-electron chi connectivity index (χ2n) is 8.08. The maximum Gasteiger partial charge on any atom is 0.307 e. The number of carboxylic acid groups (broad SMARTS) is 1. The number of hydrogen-bond acceptors (Lipinski definition) is 4. The van der Waals surface area contributed by atoms with E-state index in [1.807, 2.05) is 0 Å². The molecular weight excluding hydrogens is 423 g/mol. The number of ether oxygens (including phenoxy) is 1. The van der Waals surface area contributed by atoms with Crippen molar-refractivity contribution in [2.45, 2.75) is 26.0 Å². The molecule has 0 unspecified atom stereocenters. The van der Waals surface area contributed by atoms with Crippen LogP contribution in [0.25, 0.3) is 11.1 Å². The first-order valence-electron chi connectivity index (χ1n) is 10.5. The van der Waals surface area contributed by atoms with Crippen molar-refractivity contribution in [3.8, 4) is 16.9 Å². The molecule has 3 aromatic rings. The molecule has 1 amide bonds. The van der Waals surface area contributed by atoms with Crippen molar-refractivity contribution >= 4 is 11.9 Å². The van der Waals surface area contributed by atoms with Gasteiger partial charge >= 0.3 is 5.97 Å². The lowest BCUT2D eigenvalue weighted by Gasteiger charge is -2.16. The Labute approximate surface area is 192 Å². The molecule has 0 radical (unpaired) electrons. The minimum absolute atomic E-state index is 0.0762. The van der Waals surface area contributed by atoms with Gasteiger partial charge in [-0.25, -0.2) is 4.39 Å². The van der Waals surface area contributed by atoms with Crippen LogP contribution in [0.4, 0.5) is 4.39 Å². The lowest BCUT2D eigenvalue weighted by molar-refractivity contribution is -0.136. The van der Waals surface area contributed by atoms with Crippen LogP contribution in [-0.2, 0) is 17.8 Å². The van der Waals surface area contributed by atoms with Gasteiger partial charge in [0, 0.05) is 42.4 Å². The van der Waals surface area contributed by atoms with Crippen LogP contribution in [0.15, 0.2) is 60.7 Å². The molecule has 0 aliphatic heterocycles. The summed E-state index contributed by atoms with van der Waals surface area (Å²) in [6.07, 6.45) is -0.171. The van der Waals surface area contributed by atoms with Gasteiger partial charge in [0.1, 0.15) is 18.2 Å². The Balaban J connectivity index is 2.02. The predicted molar refractivity (Wildman–Crippen MR) is 125 cm³/mol. The monoisotopic (exact) mass is 450 g/mol. The van der Waals surface area contributed by atoms with Gasteiger partial charge in [-0.3, -0.25) is 9.59 Å². The Hall–Kier alpha value is -3.71. The maximum atomic E-state index is 15.2. The average molecular weight is 451 g/mol. The molecule has 172 valence electrons. The number of halogens is 1. The number of para-hydroxylation sites is 1. The fourth-order valence-corrected chi connectivity index (χ4v) is 3.55. The number of hydrogen-bond donors (Lipinski definition) is 2. The molecule has 33 heavy (non-hydrogen) atoms. The lowest BCUT2D eigenvalue weighted by Crippen LogP contribution is -2.22. The Morgan fingerprint density at radius 2 is 1.82 bits per heavy atom. The number of nitrogens with zero attached hydrogens (tertiary/aromatic N) is 1. The van der Waals surface area contributed by atoms with E-state index in [9.17, 15) is 9.59 Å². The van der Waals surface area contributed by atoms with Gasteiger partial charge in [-0.05, 0) is 42.3 Å². The molecule has 0 spiro atoms. The highest BCUT2D eigenvalue weighted by Crippen LogP contribution is 2.30. The van der Waals surface area contributed by atoms with E-state index in [1.54, 1.807) is 81.7 Å². The normalized spacial score (nSPS) is 11.7. The summed E-state index contributed by atoms with van der Waals surface area (Å²) >= 11 is 0. The molecule has 6 nitrogen and oxygen atoms in total. The molecule has 0 aliphatic rings. The van der Waals surface area contributed by atoms with Gasteiger partial charge in [0.15, 0.2) is 0 Å². The molecule has 0 heterocycles. The van der Waals surface area contributed by atoms with Gasteiger partial charge in [0.25, 0.3) is 5.91 Å². The highest BCUT2D eigenvalue weighted by molar-refractivity contribution is 5.95. The van der Waals surface area contributed by atoms with Crippen molar-refractivity contribution in [2.24, 2.45) is 5.73 Å². The molecule has 3 N–H and O–H groups in total. The van der Waals surface area contributed by atoms with E-state index >= 15 is 4.39 Å². The van der Waals surface area contributed by atoms with E-state index in [2.05, 4.69) is 0 Å². The SMILES string of the molecule is C[C@@H](N)c1cccc(-c2cc(COc3ccccc3CC(=O)O)cc(C(=O)N(C)C)c2)c1F. The molecule has 3 aromatic carbocycles. The smallest absolute Gasteiger partial charge is 0.307 e. The third kappa shape index (κ3) is 5.75. The number of rotatable bonds is 8. The summed E-state index contributed by atoms with van der Waals surface area (Å²) in [7, 11) is 3.29. The minimum Gasteiger partial charge on any atom is -0.489 e. The second kappa shape index (κ2) is 10.3. The van der Waals surface area contributed by atoms with E-state index in [1.165, 1.54) is 4.90 Å². The van der Waals surface area contributed by atoms with E-state index in [-0.39, 0.29) is 18.9 Å². The number of benzene rings is 3. The number of amides is 1. The average Bonchev–Trinajstić information content (AvgIpc) is 2.77. The number of nitrogens with two attached hydrogens (primary N) is 1. The predicted octanol–water partition coefficient (Wildman–Crippen LogP) is 4.42. The van der Waals surface area contributed by atoms with Crippen LogP contribution in [0.5, 0.6) is 5.75 Å². The van der Waals surface area contributed by atoms with Crippen LogP contribution in [0, 0.1) is 5.82 Å². The molecule has 1 atom stereocenters.